The number of halogens is 2. The van der Waals surface area contributed by atoms with Gasteiger partial charge in [0, 0.05) is 17.4 Å². The van der Waals surface area contributed by atoms with E-state index in [2.05, 4.69) is 15.3 Å². The van der Waals surface area contributed by atoms with E-state index in [9.17, 15) is 9.18 Å². The van der Waals surface area contributed by atoms with Gasteiger partial charge in [-0.25, -0.2) is 9.37 Å². The van der Waals surface area contributed by atoms with Gasteiger partial charge in [-0.05, 0) is 55.0 Å². The van der Waals surface area contributed by atoms with Crippen molar-refractivity contribution < 1.29 is 4.39 Å². The van der Waals surface area contributed by atoms with Crippen LogP contribution in [0.15, 0.2) is 76.6 Å². The van der Waals surface area contributed by atoms with Crippen LogP contribution in [0.1, 0.15) is 11.1 Å². The van der Waals surface area contributed by atoms with E-state index in [1.165, 1.54) is 16.7 Å². The smallest absolute Gasteiger partial charge is 0.268 e. The Balaban J connectivity index is 1.88. The number of rotatable bonds is 4. The molecule has 0 amide bonds. The Morgan fingerprint density at radius 2 is 1.86 bits per heavy atom. The lowest BCUT2D eigenvalue weighted by Crippen LogP contribution is -2.22. The van der Waals surface area contributed by atoms with Gasteiger partial charge in [0.15, 0.2) is 0 Å². The summed E-state index contributed by atoms with van der Waals surface area (Å²) in [5.41, 5.74) is 2.06. The van der Waals surface area contributed by atoms with Gasteiger partial charge in [0.25, 0.3) is 5.56 Å². The first-order chi connectivity index (χ1) is 14.0. The summed E-state index contributed by atoms with van der Waals surface area (Å²) in [5.74, 6) is -0.216. The van der Waals surface area contributed by atoms with Crippen LogP contribution in [0.5, 0.6) is 0 Å². The molecule has 29 heavy (non-hydrogen) atoms. The van der Waals surface area contributed by atoms with Crippen LogP contribution in [0, 0.1) is 12.7 Å². The van der Waals surface area contributed by atoms with Crippen molar-refractivity contribution in [1.82, 2.24) is 9.38 Å². The quantitative estimate of drug-likeness (QED) is 0.468. The molecule has 0 unspecified atom stereocenters. The molecular weight excluding hydrogens is 391 g/mol. The maximum absolute atomic E-state index is 14.2. The van der Waals surface area contributed by atoms with Gasteiger partial charge >= 0.3 is 0 Å². The van der Waals surface area contributed by atoms with Crippen LogP contribution in [0.2, 0.25) is 5.02 Å². The molecule has 2 aromatic heterocycles. The first-order valence-electron chi connectivity index (χ1n) is 8.86. The number of fused-ring (bicyclic) bond motifs is 1. The number of aryl methyl sites for hydroxylation is 1. The van der Waals surface area contributed by atoms with E-state index in [0.717, 1.165) is 5.56 Å². The molecule has 0 bridgehead atoms. The average molecular weight is 407 g/mol. The van der Waals surface area contributed by atoms with Gasteiger partial charge in [0.05, 0.1) is 11.4 Å². The summed E-state index contributed by atoms with van der Waals surface area (Å²) in [4.78, 5) is 22.1. The fraction of sp³-hybridized carbons (Fsp3) is 0.0455. The molecule has 0 aliphatic rings. The molecule has 4 aromatic rings. The molecule has 144 valence electrons. The largest absolute Gasteiger partial charge is 0.337 e. The summed E-state index contributed by atoms with van der Waals surface area (Å²) in [6, 6.07) is 16.7. The molecule has 0 atom stereocenters. The fourth-order valence-corrected chi connectivity index (χ4v) is 3.01. The lowest BCUT2D eigenvalue weighted by Gasteiger charge is -2.12. The summed E-state index contributed by atoms with van der Waals surface area (Å²) in [6.07, 6.45) is 3.07. The van der Waals surface area contributed by atoms with Crippen molar-refractivity contribution >= 4 is 40.7 Å². The molecule has 2 heterocycles. The van der Waals surface area contributed by atoms with Gasteiger partial charge in [0.1, 0.15) is 22.8 Å². The Morgan fingerprint density at radius 3 is 2.62 bits per heavy atom. The van der Waals surface area contributed by atoms with Crippen LogP contribution in [0.3, 0.4) is 0 Å². The van der Waals surface area contributed by atoms with Gasteiger partial charge in [-0.2, -0.15) is 0 Å². The van der Waals surface area contributed by atoms with Crippen molar-refractivity contribution in [3.8, 4) is 0 Å². The Bertz CT molecular complexity index is 1280. The maximum atomic E-state index is 14.2. The summed E-state index contributed by atoms with van der Waals surface area (Å²) in [5, 5.41) is 3.53. The average Bonchev–Trinajstić information content (AvgIpc) is 2.71. The highest BCUT2D eigenvalue weighted by Gasteiger charge is 2.14. The Hall–Kier alpha value is -3.51. The number of benzene rings is 2. The van der Waals surface area contributed by atoms with Gasteiger partial charge in [-0.3, -0.25) is 14.2 Å². The number of hydrogen-bond acceptors (Lipinski definition) is 4. The van der Waals surface area contributed by atoms with Crippen molar-refractivity contribution in [3.05, 3.63) is 99.2 Å². The topological polar surface area (TPSA) is 58.8 Å². The molecule has 4 rings (SSSR count). The highest BCUT2D eigenvalue weighted by Crippen LogP contribution is 2.22. The minimum Gasteiger partial charge on any atom is -0.337 e. The Labute approximate surface area is 171 Å². The zero-order valence-electron chi connectivity index (χ0n) is 15.4. The van der Waals surface area contributed by atoms with Crippen molar-refractivity contribution in [3.63, 3.8) is 0 Å². The minimum absolute atomic E-state index is 0.214. The molecule has 1 N–H and O–H groups in total. The molecule has 0 aliphatic carbocycles. The normalized spacial score (nSPS) is 11.3. The number of hydrogen-bond donors (Lipinski definition) is 1. The Morgan fingerprint density at radius 1 is 1.10 bits per heavy atom. The predicted octanol–water partition coefficient (Wildman–Crippen LogP) is 5.29. The van der Waals surface area contributed by atoms with Crippen LogP contribution in [-0.2, 0) is 0 Å². The lowest BCUT2D eigenvalue weighted by atomic mass is 10.2. The molecule has 0 saturated heterocycles. The molecule has 5 nitrogen and oxygen atoms in total. The van der Waals surface area contributed by atoms with E-state index in [4.69, 9.17) is 11.6 Å². The van der Waals surface area contributed by atoms with E-state index < -0.39 is 5.82 Å². The zero-order chi connectivity index (χ0) is 20.4. The van der Waals surface area contributed by atoms with E-state index in [1.54, 1.807) is 54.7 Å². The SMILES string of the molecule is Cc1cccn2c(=O)c(C=Nc3ccc(Cl)cc3)c(Nc3ccccc3F)nc12. The van der Waals surface area contributed by atoms with Gasteiger partial charge in [-0.15, -0.1) is 0 Å². The third kappa shape index (κ3) is 3.88. The number of anilines is 2. The third-order valence-electron chi connectivity index (χ3n) is 4.38. The highest BCUT2D eigenvalue weighted by atomic mass is 35.5. The van der Waals surface area contributed by atoms with E-state index >= 15 is 0 Å². The van der Waals surface area contributed by atoms with E-state index in [1.807, 2.05) is 13.0 Å². The number of aromatic nitrogens is 2. The number of nitrogens with one attached hydrogen (secondary N) is 1. The molecule has 0 aliphatic heterocycles. The molecule has 0 spiro atoms. The van der Waals surface area contributed by atoms with Gasteiger partial charge in [-0.1, -0.05) is 29.8 Å². The van der Waals surface area contributed by atoms with E-state index in [0.29, 0.717) is 16.4 Å². The zero-order valence-corrected chi connectivity index (χ0v) is 16.2. The van der Waals surface area contributed by atoms with Crippen molar-refractivity contribution in [2.45, 2.75) is 6.92 Å². The second-order valence-corrected chi connectivity index (χ2v) is 6.84. The summed E-state index contributed by atoms with van der Waals surface area (Å²) >= 11 is 5.90. The first kappa shape index (κ1) is 18.8. The second-order valence-electron chi connectivity index (χ2n) is 6.40. The van der Waals surface area contributed by atoms with Crippen LogP contribution in [0.4, 0.5) is 21.6 Å². The molecule has 0 fully saturated rings. The number of aliphatic imine (C=N–C) groups is 1. The summed E-state index contributed by atoms with van der Waals surface area (Å²) < 4.78 is 15.6. The molecule has 2 aromatic carbocycles. The molecule has 7 heteroatoms. The van der Waals surface area contributed by atoms with Gasteiger partial charge < -0.3 is 5.32 Å². The van der Waals surface area contributed by atoms with Crippen LogP contribution in [-0.4, -0.2) is 15.6 Å². The number of nitrogens with zero attached hydrogens (tertiary/aromatic N) is 3. The number of para-hydroxylation sites is 1. The monoisotopic (exact) mass is 406 g/mol. The predicted molar refractivity (Wildman–Crippen MR) is 115 cm³/mol. The summed E-state index contributed by atoms with van der Waals surface area (Å²) in [6.45, 7) is 1.86. The van der Waals surface area contributed by atoms with E-state index in [-0.39, 0.29) is 22.6 Å². The molecular formula is C22H16ClFN4O. The highest BCUT2D eigenvalue weighted by molar-refractivity contribution is 6.30. The molecule has 0 saturated carbocycles. The maximum Gasteiger partial charge on any atom is 0.268 e. The third-order valence-corrected chi connectivity index (χ3v) is 4.63. The minimum atomic E-state index is -0.445. The van der Waals surface area contributed by atoms with Crippen molar-refractivity contribution in [1.29, 1.82) is 0 Å². The number of pyridine rings is 1. The van der Waals surface area contributed by atoms with Crippen LogP contribution >= 0.6 is 11.6 Å². The van der Waals surface area contributed by atoms with Crippen LogP contribution < -0.4 is 10.9 Å². The first-order valence-corrected chi connectivity index (χ1v) is 9.24. The second kappa shape index (κ2) is 7.85. The van der Waals surface area contributed by atoms with Crippen molar-refractivity contribution in [2.24, 2.45) is 4.99 Å². The Kier molecular flexibility index (Phi) is 5.10. The lowest BCUT2D eigenvalue weighted by molar-refractivity contribution is 0.632. The summed E-state index contributed by atoms with van der Waals surface area (Å²) in [7, 11) is 0. The molecule has 0 radical (unpaired) electrons. The van der Waals surface area contributed by atoms with Gasteiger partial charge in [0.2, 0.25) is 0 Å². The van der Waals surface area contributed by atoms with Crippen LogP contribution in [0.25, 0.3) is 5.65 Å². The fourth-order valence-electron chi connectivity index (χ4n) is 2.88. The van der Waals surface area contributed by atoms with Crippen molar-refractivity contribution in [2.75, 3.05) is 5.32 Å². The standard InChI is InChI=1S/C22H16ClFN4O/c1-14-5-4-12-28-21(14)27-20(26-19-7-3-2-6-18(19)24)17(22(28)29)13-25-16-10-8-15(23)9-11-16/h2-13,26H,1H3.